The fourth-order valence-corrected chi connectivity index (χ4v) is 2.27. The molecule has 21 heavy (non-hydrogen) atoms. The molecule has 0 bridgehead atoms. The highest BCUT2D eigenvalue weighted by atomic mass is 15.3. The second-order valence-corrected chi connectivity index (χ2v) is 5.56. The van der Waals surface area contributed by atoms with Crippen molar-refractivity contribution in [1.29, 1.82) is 0 Å². The average Bonchev–Trinajstić information content (AvgIpc) is 2.93. The number of hydrogen-bond donors (Lipinski definition) is 1. The predicted octanol–water partition coefficient (Wildman–Crippen LogP) is 2.34. The van der Waals surface area contributed by atoms with E-state index in [1.165, 1.54) is 0 Å². The molecule has 2 N–H and O–H groups in total. The first-order valence-corrected chi connectivity index (χ1v) is 7.15. The average molecular weight is 281 g/mol. The fourth-order valence-electron chi connectivity index (χ4n) is 2.27. The van der Waals surface area contributed by atoms with Gasteiger partial charge in [-0.3, -0.25) is 0 Å². The van der Waals surface area contributed by atoms with Crippen LogP contribution in [0.4, 0.5) is 0 Å². The lowest BCUT2D eigenvalue weighted by molar-refractivity contribution is 0.487. The summed E-state index contributed by atoms with van der Waals surface area (Å²) in [5, 5.41) is 5.42. The number of benzene rings is 1. The Balaban J connectivity index is 2.04. The molecule has 3 aromatic rings. The van der Waals surface area contributed by atoms with E-state index in [0.717, 1.165) is 28.8 Å². The van der Waals surface area contributed by atoms with Crippen molar-refractivity contribution in [3.63, 3.8) is 0 Å². The van der Waals surface area contributed by atoms with Crippen molar-refractivity contribution < 1.29 is 0 Å². The molecule has 5 nitrogen and oxygen atoms in total. The third-order valence-electron chi connectivity index (χ3n) is 3.73. The lowest BCUT2D eigenvalue weighted by atomic mass is 9.99. The van der Waals surface area contributed by atoms with Gasteiger partial charge in [0.15, 0.2) is 5.65 Å². The van der Waals surface area contributed by atoms with E-state index >= 15 is 0 Å². The van der Waals surface area contributed by atoms with E-state index < -0.39 is 0 Å². The number of nitrogens with zero attached hydrogens (tertiary/aromatic N) is 4. The van der Waals surface area contributed by atoms with E-state index in [4.69, 9.17) is 5.73 Å². The summed E-state index contributed by atoms with van der Waals surface area (Å²) < 4.78 is 1.83. The largest absolute Gasteiger partial charge is 0.327 e. The second-order valence-electron chi connectivity index (χ2n) is 5.56. The normalized spacial score (nSPS) is 13.0. The van der Waals surface area contributed by atoms with Gasteiger partial charge in [-0.05, 0) is 18.1 Å². The molecule has 5 heteroatoms. The molecule has 0 aliphatic heterocycles. The van der Waals surface area contributed by atoms with E-state index in [-0.39, 0.29) is 6.04 Å². The molecule has 0 fully saturated rings. The summed E-state index contributed by atoms with van der Waals surface area (Å²) in [5.74, 6) is 0.416. The Morgan fingerprint density at radius 3 is 2.62 bits per heavy atom. The summed E-state index contributed by atoms with van der Waals surface area (Å²) in [4.78, 5) is 8.77. The Bertz CT molecular complexity index is 733. The van der Waals surface area contributed by atoms with Gasteiger partial charge in [-0.25, -0.2) is 14.6 Å². The van der Waals surface area contributed by atoms with Crippen molar-refractivity contribution in [2.75, 3.05) is 0 Å². The smallest absolute Gasteiger partial charge is 0.166 e. The highest BCUT2D eigenvalue weighted by molar-refractivity contribution is 5.78. The molecule has 1 aromatic carbocycles. The van der Waals surface area contributed by atoms with Crippen LogP contribution in [0.15, 0.2) is 42.9 Å². The molecule has 1 atom stereocenters. The fraction of sp³-hybridized carbons (Fsp3) is 0.312. The molecule has 0 aliphatic rings. The van der Waals surface area contributed by atoms with E-state index in [9.17, 15) is 0 Å². The number of aromatic nitrogens is 4. The molecule has 0 radical (unpaired) electrons. The van der Waals surface area contributed by atoms with Crippen molar-refractivity contribution >= 4 is 11.0 Å². The first kappa shape index (κ1) is 13.7. The lowest BCUT2D eigenvalue weighted by Gasteiger charge is -2.15. The van der Waals surface area contributed by atoms with Crippen LogP contribution >= 0.6 is 0 Å². The zero-order valence-corrected chi connectivity index (χ0v) is 12.3. The molecule has 2 aromatic heterocycles. The minimum atomic E-state index is 0.0863. The molecule has 0 aliphatic carbocycles. The summed E-state index contributed by atoms with van der Waals surface area (Å²) in [5.41, 5.74) is 8.94. The molecule has 0 saturated heterocycles. The molecule has 0 spiro atoms. The number of para-hydroxylation sites is 1. The van der Waals surface area contributed by atoms with Crippen LogP contribution in [-0.2, 0) is 6.42 Å². The molecular formula is C16H19N5. The standard InChI is InChI=1S/C16H19N5/c1-11(2)14(17)8-15-13-9-20-21(16(13)19-10-18-15)12-6-4-3-5-7-12/h3-7,9-11,14H,8,17H2,1-2H3. The SMILES string of the molecule is CC(C)C(N)Cc1ncnc2c1cnn2-c1ccccc1. The Morgan fingerprint density at radius 2 is 1.90 bits per heavy atom. The van der Waals surface area contributed by atoms with Gasteiger partial charge in [-0.1, -0.05) is 32.0 Å². The topological polar surface area (TPSA) is 69.6 Å². The number of rotatable bonds is 4. The summed E-state index contributed by atoms with van der Waals surface area (Å²) in [6, 6.07) is 10.1. The minimum absolute atomic E-state index is 0.0863. The Labute approximate surface area is 123 Å². The van der Waals surface area contributed by atoms with E-state index in [0.29, 0.717) is 5.92 Å². The summed E-state index contributed by atoms with van der Waals surface area (Å²) in [7, 11) is 0. The molecule has 3 rings (SSSR count). The molecular weight excluding hydrogens is 262 g/mol. The van der Waals surface area contributed by atoms with Crippen LogP contribution in [-0.4, -0.2) is 25.8 Å². The molecule has 1 unspecified atom stereocenters. The van der Waals surface area contributed by atoms with Crippen molar-refractivity contribution in [3.05, 3.63) is 48.5 Å². The van der Waals surface area contributed by atoms with Crippen LogP contribution in [0.1, 0.15) is 19.5 Å². The summed E-state index contributed by atoms with van der Waals surface area (Å²) in [6.07, 6.45) is 4.15. The third kappa shape index (κ3) is 2.64. The van der Waals surface area contributed by atoms with E-state index in [1.807, 2.05) is 41.2 Å². The van der Waals surface area contributed by atoms with Gasteiger partial charge >= 0.3 is 0 Å². The van der Waals surface area contributed by atoms with Crippen molar-refractivity contribution in [2.45, 2.75) is 26.3 Å². The number of hydrogen-bond acceptors (Lipinski definition) is 4. The van der Waals surface area contributed by atoms with Crippen LogP contribution in [0.25, 0.3) is 16.7 Å². The van der Waals surface area contributed by atoms with Gasteiger partial charge in [-0.2, -0.15) is 5.10 Å². The maximum Gasteiger partial charge on any atom is 0.166 e. The maximum atomic E-state index is 6.17. The van der Waals surface area contributed by atoms with Gasteiger partial charge in [0.05, 0.1) is 23.0 Å². The molecule has 108 valence electrons. The van der Waals surface area contributed by atoms with Gasteiger partial charge in [0, 0.05) is 12.5 Å². The highest BCUT2D eigenvalue weighted by Gasteiger charge is 2.15. The third-order valence-corrected chi connectivity index (χ3v) is 3.73. The maximum absolute atomic E-state index is 6.17. The van der Waals surface area contributed by atoms with Gasteiger partial charge < -0.3 is 5.73 Å². The van der Waals surface area contributed by atoms with Gasteiger partial charge in [0.25, 0.3) is 0 Å². The van der Waals surface area contributed by atoms with Gasteiger partial charge in [0.1, 0.15) is 6.33 Å². The van der Waals surface area contributed by atoms with Gasteiger partial charge in [0.2, 0.25) is 0 Å². The number of fused-ring (bicyclic) bond motifs is 1. The van der Waals surface area contributed by atoms with Crippen LogP contribution in [0.3, 0.4) is 0 Å². The lowest BCUT2D eigenvalue weighted by Crippen LogP contribution is -2.29. The first-order chi connectivity index (χ1) is 10.2. The van der Waals surface area contributed by atoms with Crippen LogP contribution < -0.4 is 5.73 Å². The Morgan fingerprint density at radius 1 is 1.14 bits per heavy atom. The first-order valence-electron chi connectivity index (χ1n) is 7.15. The highest BCUT2D eigenvalue weighted by Crippen LogP contribution is 2.19. The van der Waals surface area contributed by atoms with Gasteiger partial charge in [-0.15, -0.1) is 0 Å². The zero-order valence-electron chi connectivity index (χ0n) is 12.3. The number of nitrogens with two attached hydrogens (primary N) is 1. The summed E-state index contributed by atoms with van der Waals surface area (Å²) >= 11 is 0. The van der Waals surface area contributed by atoms with Crippen molar-refractivity contribution in [2.24, 2.45) is 11.7 Å². The molecule has 0 saturated carbocycles. The van der Waals surface area contributed by atoms with Crippen LogP contribution in [0.2, 0.25) is 0 Å². The van der Waals surface area contributed by atoms with Crippen LogP contribution in [0.5, 0.6) is 0 Å². The Kier molecular flexibility index (Phi) is 3.66. The van der Waals surface area contributed by atoms with Crippen molar-refractivity contribution in [3.8, 4) is 5.69 Å². The van der Waals surface area contributed by atoms with Crippen molar-refractivity contribution in [1.82, 2.24) is 19.7 Å². The summed E-state index contributed by atoms with van der Waals surface area (Å²) in [6.45, 7) is 4.24. The monoisotopic (exact) mass is 281 g/mol. The van der Waals surface area contributed by atoms with Crippen LogP contribution in [0, 0.1) is 5.92 Å². The minimum Gasteiger partial charge on any atom is -0.327 e. The second kappa shape index (κ2) is 5.61. The predicted molar refractivity (Wildman–Crippen MR) is 83.2 cm³/mol. The molecule has 0 amide bonds. The van der Waals surface area contributed by atoms with E-state index in [2.05, 4.69) is 28.9 Å². The van der Waals surface area contributed by atoms with E-state index in [1.54, 1.807) is 6.33 Å². The molecule has 2 heterocycles. The Hall–Kier alpha value is -2.27. The quantitative estimate of drug-likeness (QED) is 0.797. The zero-order chi connectivity index (χ0) is 14.8.